The van der Waals surface area contributed by atoms with Gasteiger partial charge in [0, 0.05) is 1.37 Å². The molecule has 0 amide bonds. The van der Waals surface area contributed by atoms with Gasteiger partial charge in [0.15, 0.2) is 6.10 Å². The highest BCUT2D eigenvalue weighted by Crippen LogP contribution is 2.26. The Bertz CT molecular complexity index is 1170. The molecule has 0 aromatic heterocycles. The molecule has 1 aliphatic heterocycles. The van der Waals surface area contributed by atoms with Crippen molar-refractivity contribution in [2.75, 3.05) is 6.61 Å². The van der Waals surface area contributed by atoms with Gasteiger partial charge in [-0.05, 0) is 49.1 Å². The Morgan fingerprint density at radius 3 is 1.74 bits per heavy atom. The number of hydrogen-bond donors (Lipinski definition) is 0. The van der Waals surface area contributed by atoms with Crippen molar-refractivity contribution in [2.24, 2.45) is 0 Å². The molecule has 1 fully saturated rings. The zero-order valence-electron chi connectivity index (χ0n) is 19.5. The van der Waals surface area contributed by atoms with Crippen molar-refractivity contribution in [3.8, 4) is 0 Å². The molecule has 0 saturated carbocycles. The van der Waals surface area contributed by atoms with Crippen LogP contribution in [0.3, 0.4) is 0 Å². The van der Waals surface area contributed by atoms with Gasteiger partial charge in [-0.1, -0.05) is 54.6 Å². The summed E-state index contributed by atoms with van der Waals surface area (Å²) < 4.78 is 30.1. The van der Waals surface area contributed by atoms with E-state index in [0.717, 1.165) is 0 Å². The summed E-state index contributed by atoms with van der Waals surface area (Å²) in [5, 5.41) is 12.6. The van der Waals surface area contributed by atoms with Crippen LogP contribution < -0.4 is 5.11 Å². The first-order valence-corrected chi connectivity index (χ1v) is 10.9. The van der Waals surface area contributed by atoms with Crippen molar-refractivity contribution >= 4 is 17.9 Å². The van der Waals surface area contributed by atoms with E-state index in [1.54, 1.807) is 66.7 Å². The number of rotatable bonds is 7. The standard InChI is InChI=1S/C27H23O8/c28-23-16-21(34-26(30)19-12-6-2-7-13-19)24(35-27(31)20-14-8-3-9-15-20)22(33-23)17-32-25(29)18-10-4-1-5-11-18/h1-15,21-24H,16-17H2/q-1/t21-,22+,23+,24-/m0/s1/i16D/t16-,21-,22+,23+,24-. The fraction of sp³-hybridized carbons (Fsp3) is 0.222. The van der Waals surface area contributed by atoms with E-state index < -0.39 is 55.5 Å². The molecule has 8 nitrogen and oxygen atoms in total. The summed E-state index contributed by atoms with van der Waals surface area (Å²) in [5.41, 5.74) is 0.672. The Hall–Kier alpha value is -4.01. The van der Waals surface area contributed by atoms with Crippen molar-refractivity contribution in [2.45, 2.75) is 31.0 Å². The second kappa shape index (κ2) is 11.4. The molecule has 5 atom stereocenters. The molecule has 3 aromatic carbocycles. The molecule has 0 spiro atoms. The van der Waals surface area contributed by atoms with Crippen LogP contribution in [0.25, 0.3) is 0 Å². The second-order valence-corrected chi connectivity index (χ2v) is 7.67. The molecular weight excluding hydrogens is 452 g/mol. The molecule has 35 heavy (non-hydrogen) atoms. The highest BCUT2D eigenvalue weighted by molar-refractivity contribution is 5.90. The largest absolute Gasteiger partial charge is 0.831 e. The van der Waals surface area contributed by atoms with Gasteiger partial charge in [0.1, 0.15) is 18.8 Å². The number of ether oxygens (including phenoxy) is 4. The molecular formula is C27H23O8-. The van der Waals surface area contributed by atoms with Gasteiger partial charge >= 0.3 is 17.9 Å². The third kappa shape index (κ3) is 6.32. The van der Waals surface area contributed by atoms with Gasteiger partial charge in [0.05, 0.1) is 16.7 Å². The van der Waals surface area contributed by atoms with Gasteiger partial charge in [-0.25, -0.2) is 14.4 Å². The molecule has 0 radical (unpaired) electrons. The normalized spacial score (nSPS) is 24.0. The van der Waals surface area contributed by atoms with E-state index in [1.165, 1.54) is 24.3 Å². The van der Waals surface area contributed by atoms with Crippen LogP contribution in [-0.4, -0.2) is 49.1 Å². The third-order valence-electron chi connectivity index (χ3n) is 5.24. The first-order valence-electron chi connectivity index (χ1n) is 11.5. The number of esters is 3. The van der Waals surface area contributed by atoms with Gasteiger partial charge < -0.3 is 24.1 Å². The second-order valence-electron chi connectivity index (χ2n) is 7.67. The maximum atomic E-state index is 12.8. The highest BCUT2D eigenvalue weighted by Gasteiger charge is 2.42. The summed E-state index contributed by atoms with van der Waals surface area (Å²) in [5.74, 6) is -2.26. The maximum Gasteiger partial charge on any atom is 0.338 e. The fourth-order valence-electron chi connectivity index (χ4n) is 3.50. The summed E-state index contributed by atoms with van der Waals surface area (Å²) in [6.45, 7) is -0.467. The van der Waals surface area contributed by atoms with E-state index >= 15 is 0 Å². The van der Waals surface area contributed by atoms with Gasteiger partial charge in [0.25, 0.3) is 0 Å². The molecule has 1 heterocycles. The Morgan fingerprint density at radius 1 is 0.771 bits per heavy atom. The Morgan fingerprint density at radius 2 is 1.23 bits per heavy atom. The van der Waals surface area contributed by atoms with Crippen LogP contribution in [-0.2, 0) is 18.9 Å². The minimum Gasteiger partial charge on any atom is -0.831 e. The summed E-state index contributed by atoms with van der Waals surface area (Å²) in [7, 11) is 0. The maximum absolute atomic E-state index is 12.8. The zero-order valence-corrected chi connectivity index (χ0v) is 18.5. The van der Waals surface area contributed by atoms with Crippen molar-refractivity contribution in [1.82, 2.24) is 0 Å². The first-order chi connectivity index (χ1) is 17.4. The molecule has 0 unspecified atom stereocenters. The average molecular weight is 476 g/mol. The monoisotopic (exact) mass is 476 g/mol. The van der Waals surface area contributed by atoms with Crippen molar-refractivity contribution in [3.63, 3.8) is 0 Å². The van der Waals surface area contributed by atoms with Crippen molar-refractivity contribution in [1.29, 1.82) is 0 Å². The number of carbonyl (C=O) groups is 3. The predicted octanol–water partition coefficient (Wildman–Crippen LogP) is 2.77. The van der Waals surface area contributed by atoms with Gasteiger partial charge in [-0.3, -0.25) is 0 Å². The molecule has 0 aliphatic carbocycles. The van der Waals surface area contributed by atoms with Crippen molar-refractivity contribution < 1.29 is 39.8 Å². The molecule has 8 heteroatoms. The minimum atomic E-state index is -1.94. The van der Waals surface area contributed by atoms with Gasteiger partial charge in [0.2, 0.25) is 0 Å². The lowest BCUT2D eigenvalue weighted by Crippen LogP contribution is -2.56. The zero-order chi connectivity index (χ0) is 25.5. The predicted molar refractivity (Wildman–Crippen MR) is 121 cm³/mol. The van der Waals surface area contributed by atoms with E-state index in [9.17, 15) is 19.5 Å². The summed E-state index contributed by atoms with van der Waals surface area (Å²) in [4.78, 5) is 38.0. The quantitative estimate of drug-likeness (QED) is 0.378. The smallest absolute Gasteiger partial charge is 0.338 e. The Labute approximate surface area is 203 Å². The number of carbonyl (C=O) groups excluding carboxylic acids is 3. The van der Waals surface area contributed by atoms with Gasteiger partial charge in [-0.2, -0.15) is 0 Å². The summed E-state index contributed by atoms with van der Waals surface area (Å²) >= 11 is 0. The fourth-order valence-corrected chi connectivity index (χ4v) is 3.50. The molecule has 3 aromatic rings. The minimum absolute atomic E-state index is 0.193. The summed E-state index contributed by atoms with van der Waals surface area (Å²) in [6.07, 6.45) is -7.68. The molecule has 180 valence electrons. The molecule has 0 bridgehead atoms. The van der Waals surface area contributed by atoms with Crippen LogP contribution in [0.4, 0.5) is 0 Å². The Kier molecular flexibility index (Phi) is 7.42. The van der Waals surface area contributed by atoms with Crippen LogP contribution in [0.5, 0.6) is 0 Å². The van der Waals surface area contributed by atoms with Crippen molar-refractivity contribution in [3.05, 3.63) is 108 Å². The number of benzene rings is 3. The lowest BCUT2D eigenvalue weighted by atomic mass is 10.0. The van der Waals surface area contributed by atoms with Crippen LogP contribution >= 0.6 is 0 Å². The van der Waals surface area contributed by atoms with Crippen LogP contribution in [0, 0.1) is 0 Å². The van der Waals surface area contributed by atoms with E-state index in [0.29, 0.717) is 0 Å². The first kappa shape index (κ1) is 22.8. The number of hydrogen-bond acceptors (Lipinski definition) is 8. The molecule has 4 rings (SSSR count). The average Bonchev–Trinajstić information content (AvgIpc) is 2.92. The van der Waals surface area contributed by atoms with Crippen LogP contribution in [0.2, 0.25) is 0 Å². The van der Waals surface area contributed by atoms with E-state index in [4.69, 9.17) is 20.3 Å². The SMILES string of the molecule is [2H][C@H]1[C@H](OC(=O)c2ccccc2)[C@H](OC(=O)c2ccccc2)[C@@H](COC(=O)c2ccccc2)O[C@H]1[O-]. The Balaban J connectivity index is 1.57. The summed E-state index contributed by atoms with van der Waals surface area (Å²) in [6, 6.07) is 24.2. The highest BCUT2D eigenvalue weighted by atomic mass is 16.7. The third-order valence-corrected chi connectivity index (χ3v) is 5.24. The van der Waals surface area contributed by atoms with Crippen LogP contribution in [0.15, 0.2) is 91.0 Å². The lowest BCUT2D eigenvalue weighted by Gasteiger charge is -2.43. The lowest BCUT2D eigenvalue weighted by molar-refractivity contribution is -0.513. The van der Waals surface area contributed by atoms with E-state index in [-0.39, 0.29) is 16.7 Å². The van der Waals surface area contributed by atoms with E-state index in [1.807, 2.05) is 0 Å². The van der Waals surface area contributed by atoms with E-state index in [2.05, 4.69) is 0 Å². The molecule has 1 aliphatic rings. The van der Waals surface area contributed by atoms with Gasteiger partial charge in [-0.15, -0.1) is 0 Å². The molecule has 1 saturated heterocycles. The topological polar surface area (TPSA) is 111 Å². The van der Waals surface area contributed by atoms with Crippen LogP contribution in [0.1, 0.15) is 38.8 Å². The molecule has 0 N–H and O–H groups in total.